The van der Waals surface area contributed by atoms with Crippen molar-refractivity contribution in [2.24, 2.45) is 0 Å². The number of ether oxygens (including phenoxy) is 1. The van der Waals surface area contributed by atoms with Crippen molar-refractivity contribution < 1.29 is 14.3 Å². The van der Waals surface area contributed by atoms with E-state index in [9.17, 15) is 14.4 Å². The van der Waals surface area contributed by atoms with Gasteiger partial charge >= 0.3 is 5.97 Å². The minimum Gasteiger partial charge on any atom is -0.465 e. The highest BCUT2D eigenvalue weighted by Crippen LogP contribution is 2.30. The van der Waals surface area contributed by atoms with Gasteiger partial charge in [0.1, 0.15) is 4.83 Å². The number of amides is 1. The number of thiophene rings is 1. The molecule has 0 aliphatic carbocycles. The number of hydrogen-bond acceptors (Lipinski definition) is 6. The van der Waals surface area contributed by atoms with Crippen molar-refractivity contribution in [3.05, 3.63) is 81.7 Å². The summed E-state index contributed by atoms with van der Waals surface area (Å²) in [6.45, 7) is 2.20. The summed E-state index contributed by atoms with van der Waals surface area (Å²) in [5.41, 5.74) is 3.61. The van der Waals surface area contributed by atoms with Crippen molar-refractivity contribution in [1.82, 2.24) is 9.55 Å². The summed E-state index contributed by atoms with van der Waals surface area (Å²) < 4.78 is 6.15. The van der Waals surface area contributed by atoms with E-state index < -0.39 is 5.97 Å². The van der Waals surface area contributed by atoms with Crippen LogP contribution in [0.15, 0.2) is 65.0 Å². The number of fused-ring (bicyclic) bond motifs is 1. The van der Waals surface area contributed by atoms with Gasteiger partial charge in [0.05, 0.1) is 24.4 Å². The number of esters is 1. The highest BCUT2D eigenvalue weighted by molar-refractivity contribution is 7.17. The monoisotopic (exact) mass is 447 g/mol. The molecule has 0 saturated heterocycles. The van der Waals surface area contributed by atoms with E-state index in [4.69, 9.17) is 4.74 Å². The molecule has 7 nitrogen and oxygen atoms in total. The summed E-state index contributed by atoms with van der Waals surface area (Å²) in [6, 6.07) is 14.5. The van der Waals surface area contributed by atoms with Crippen molar-refractivity contribution in [3.63, 3.8) is 0 Å². The van der Waals surface area contributed by atoms with Crippen LogP contribution in [-0.2, 0) is 16.1 Å². The number of methoxy groups -OCH3 is 1. The van der Waals surface area contributed by atoms with E-state index >= 15 is 0 Å². The topological polar surface area (TPSA) is 90.3 Å². The molecule has 0 aliphatic heterocycles. The van der Waals surface area contributed by atoms with Crippen LogP contribution in [0.3, 0.4) is 0 Å². The maximum absolute atomic E-state index is 13.1. The Kier molecular flexibility index (Phi) is 6.13. The zero-order chi connectivity index (χ0) is 22.7. The quantitative estimate of drug-likeness (QED) is 0.446. The van der Waals surface area contributed by atoms with Crippen molar-refractivity contribution in [2.75, 3.05) is 12.4 Å². The van der Waals surface area contributed by atoms with E-state index in [0.29, 0.717) is 21.5 Å². The first-order chi connectivity index (χ1) is 15.5. The second-order valence-corrected chi connectivity index (χ2v) is 8.17. The van der Waals surface area contributed by atoms with Gasteiger partial charge in [0.2, 0.25) is 5.91 Å². The molecule has 4 aromatic rings. The third kappa shape index (κ3) is 4.45. The summed E-state index contributed by atoms with van der Waals surface area (Å²) in [7, 11) is 1.30. The van der Waals surface area contributed by atoms with E-state index in [1.165, 1.54) is 29.3 Å². The predicted octanol–water partition coefficient (Wildman–Crippen LogP) is 4.25. The molecule has 0 unspecified atom stereocenters. The number of nitrogens with zero attached hydrogens (tertiary/aromatic N) is 2. The summed E-state index contributed by atoms with van der Waals surface area (Å²) in [6.07, 6.45) is 1.56. The van der Waals surface area contributed by atoms with Crippen molar-refractivity contribution >= 4 is 39.1 Å². The number of nitrogens with one attached hydrogen (secondary N) is 1. The molecule has 0 aliphatic rings. The van der Waals surface area contributed by atoms with Gasteiger partial charge in [-0.1, -0.05) is 35.9 Å². The predicted molar refractivity (Wildman–Crippen MR) is 125 cm³/mol. The Morgan fingerprint density at radius 1 is 1.16 bits per heavy atom. The first kappa shape index (κ1) is 21.5. The molecule has 2 heterocycles. The highest BCUT2D eigenvalue weighted by atomic mass is 32.1. The van der Waals surface area contributed by atoms with Gasteiger partial charge in [-0.15, -0.1) is 11.3 Å². The van der Waals surface area contributed by atoms with Crippen LogP contribution in [0.25, 0.3) is 21.3 Å². The van der Waals surface area contributed by atoms with Crippen LogP contribution >= 0.6 is 11.3 Å². The number of aryl methyl sites for hydroxylation is 2. The van der Waals surface area contributed by atoms with E-state index in [1.54, 1.807) is 24.3 Å². The second kappa shape index (κ2) is 9.15. The first-order valence-electron chi connectivity index (χ1n) is 9.98. The number of hydrogen-bond donors (Lipinski definition) is 1. The number of carbonyl (C=O) groups is 2. The molecule has 2 aromatic heterocycles. The van der Waals surface area contributed by atoms with E-state index in [1.807, 2.05) is 36.6 Å². The summed E-state index contributed by atoms with van der Waals surface area (Å²) >= 11 is 1.43. The molecule has 0 bridgehead atoms. The number of aromatic nitrogens is 2. The second-order valence-electron chi connectivity index (χ2n) is 7.31. The van der Waals surface area contributed by atoms with E-state index in [-0.39, 0.29) is 24.4 Å². The molecule has 1 N–H and O–H groups in total. The maximum Gasteiger partial charge on any atom is 0.337 e. The SMILES string of the molecule is COC(=O)c1cccc(NC(=O)CCn2cnc3scc(-c4ccc(C)cc4)c3c2=O)c1. The van der Waals surface area contributed by atoms with Gasteiger partial charge in [0.25, 0.3) is 5.56 Å². The highest BCUT2D eigenvalue weighted by Gasteiger charge is 2.14. The normalized spacial score (nSPS) is 10.8. The molecule has 32 heavy (non-hydrogen) atoms. The molecular formula is C24H21N3O4S. The van der Waals surface area contributed by atoms with Crippen molar-refractivity contribution in [2.45, 2.75) is 19.9 Å². The van der Waals surface area contributed by atoms with Crippen LogP contribution in [0.4, 0.5) is 5.69 Å². The number of benzene rings is 2. The lowest BCUT2D eigenvalue weighted by Crippen LogP contribution is -2.23. The zero-order valence-electron chi connectivity index (χ0n) is 17.6. The fourth-order valence-electron chi connectivity index (χ4n) is 3.36. The lowest BCUT2D eigenvalue weighted by Gasteiger charge is -2.08. The first-order valence-corrected chi connectivity index (χ1v) is 10.9. The Morgan fingerprint density at radius 2 is 1.94 bits per heavy atom. The largest absolute Gasteiger partial charge is 0.465 e. The molecule has 0 radical (unpaired) electrons. The Labute approximate surface area is 188 Å². The number of rotatable bonds is 6. The molecular weight excluding hydrogens is 426 g/mol. The summed E-state index contributed by atoms with van der Waals surface area (Å²) in [5, 5.41) is 5.25. The Morgan fingerprint density at radius 3 is 2.69 bits per heavy atom. The van der Waals surface area contributed by atoms with Crippen molar-refractivity contribution in [1.29, 1.82) is 0 Å². The molecule has 0 fully saturated rings. The van der Waals surface area contributed by atoms with Crippen LogP contribution in [0, 0.1) is 6.92 Å². The average Bonchev–Trinajstić information content (AvgIpc) is 3.24. The van der Waals surface area contributed by atoms with Crippen LogP contribution in [0.5, 0.6) is 0 Å². The van der Waals surface area contributed by atoms with Gasteiger partial charge in [-0.25, -0.2) is 9.78 Å². The van der Waals surface area contributed by atoms with Gasteiger partial charge in [-0.05, 0) is 30.7 Å². The van der Waals surface area contributed by atoms with Gasteiger partial charge < -0.3 is 10.1 Å². The molecule has 162 valence electrons. The van der Waals surface area contributed by atoms with Crippen LogP contribution in [-0.4, -0.2) is 28.5 Å². The Hall–Kier alpha value is -3.78. The summed E-state index contributed by atoms with van der Waals surface area (Å²) in [5.74, 6) is -0.754. The molecule has 4 rings (SSSR count). The Bertz CT molecular complexity index is 1360. The molecule has 8 heteroatoms. The van der Waals surface area contributed by atoms with Gasteiger partial charge in [-0.3, -0.25) is 14.2 Å². The zero-order valence-corrected chi connectivity index (χ0v) is 18.4. The molecule has 0 saturated carbocycles. The number of anilines is 1. The van der Waals surface area contributed by atoms with Crippen LogP contribution in [0.2, 0.25) is 0 Å². The molecule has 1 amide bonds. The Balaban J connectivity index is 1.51. The van der Waals surface area contributed by atoms with Gasteiger partial charge in [-0.2, -0.15) is 0 Å². The average molecular weight is 448 g/mol. The third-order valence-electron chi connectivity index (χ3n) is 5.07. The van der Waals surface area contributed by atoms with Crippen LogP contribution in [0.1, 0.15) is 22.3 Å². The van der Waals surface area contributed by atoms with Crippen LogP contribution < -0.4 is 10.9 Å². The maximum atomic E-state index is 13.1. The standard InChI is InChI=1S/C24H21N3O4S/c1-15-6-8-16(9-7-15)19-13-32-22-21(19)23(29)27(14-25-22)11-10-20(28)26-18-5-3-4-17(12-18)24(30)31-2/h3-9,12-14H,10-11H2,1-2H3,(H,26,28). The molecule has 2 aromatic carbocycles. The summed E-state index contributed by atoms with van der Waals surface area (Å²) in [4.78, 5) is 42.3. The fourth-order valence-corrected chi connectivity index (χ4v) is 4.27. The van der Waals surface area contributed by atoms with E-state index in [2.05, 4.69) is 10.3 Å². The third-order valence-corrected chi connectivity index (χ3v) is 5.96. The van der Waals surface area contributed by atoms with E-state index in [0.717, 1.165) is 16.7 Å². The lowest BCUT2D eigenvalue weighted by molar-refractivity contribution is -0.116. The number of carbonyl (C=O) groups excluding carboxylic acids is 2. The van der Waals surface area contributed by atoms with Crippen molar-refractivity contribution in [3.8, 4) is 11.1 Å². The smallest absolute Gasteiger partial charge is 0.337 e. The minimum atomic E-state index is -0.479. The van der Waals surface area contributed by atoms with Gasteiger partial charge in [0, 0.05) is 29.6 Å². The molecule has 0 spiro atoms. The van der Waals surface area contributed by atoms with Gasteiger partial charge in [0.15, 0.2) is 0 Å². The fraction of sp³-hybridized carbons (Fsp3) is 0.167. The minimum absolute atomic E-state index is 0.0829. The lowest BCUT2D eigenvalue weighted by atomic mass is 10.1. The molecule has 0 atom stereocenters.